The maximum Gasteiger partial charge on any atom is 0.240 e. The van der Waals surface area contributed by atoms with Crippen LogP contribution in [0.4, 0.5) is 11.6 Å². The lowest BCUT2D eigenvalue weighted by molar-refractivity contribution is 0.416. The summed E-state index contributed by atoms with van der Waals surface area (Å²) in [6.45, 7) is 1.93. The molecular formula is C19H20N6O. The van der Waals surface area contributed by atoms with Gasteiger partial charge in [-0.25, -0.2) is 4.98 Å². The Bertz CT molecular complexity index is 940. The Balaban J connectivity index is 2.26. The summed E-state index contributed by atoms with van der Waals surface area (Å²) in [5, 5.41) is 8.22. The minimum absolute atomic E-state index is 0.119. The third kappa shape index (κ3) is 3.33. The summed E-state index contributed by atoms with van der Waals surface area (Å²) >= 11 is 0. The highest BCUT2D eigenvalue weighted by Gasteiger charge is 2.17. The van der Waals surface area contributed by atoms with E-state index in [-0.39, 0.29) is 5.95 Å². The van der Waals surface area contributed by atoms with Gasteiger partial charge in [0.1, 0.15) is 17.1 Å². The summed E-state index contributed by atoms with van der Waals surface area (Å²) in [5.41, 5.74) is 13.0. The monoisotopic (exact) mass is 348 g/mol. The number of anilines is 2. The molecular weight excluding hydrogens is 328 g/mol. The second-order valence-corrected chi connectivity index (χ2v) is 5.52. The smallest absolute Gasteiger partial charge is 0.240 e. The molecule has 0 spiro atoms. The molecule has 7 heteroatoms. The minimum atomic E-state index is 0.119. The number of nitrogens with two attached hydrogens (primary N) is 2. The Morgan fingerprint density at radius 3 is 2.46 bits per heavy atom. The van der Waals surface area contributed by atoms with Gasteiger partial charge < -0.3 is 15.9 Å². The Morgan fingerprint density at radius 2 is 1.81 bits per heavy atom. The van der Waals surface area contributed by atoms with Crippen molar-refractivity contribution >= 4 is 17.7 Å². The molecule has 3 rings (SSSR count). The van der Waals surface area contributed by atoms with Crippen molar-refractivity contribution in [2.45, 2.75) is 6.92 Å². The van der Waals surface area contributed by atoms with E-state index >= 15 is 0 Å². The summed E-state index contributed by atoms with van der Waals surface area (Å²) in [4.78, 5) is 4.40. The van der Waals surface area contributed by atoms with Gasteiger partial charge in [0.2, 0.25) is 5.95 Å². The van der Waals surface area contributed by atoms with Crippen molar-refractivity contribution in [3.63, 3.8) is 0 Å². The van der Waals surface area contributed by atoms with E-state index in [9.17, 15) is 0 Å². The standard InChI is InChI=1S/C19H20N6O/c1-3-7-13-10-14(11-15(26-2)16(13)23-21)18-17(22-19(20)25-24-18)12-8-5-4-6-9-12/h3-11,23H,21H2,1-2H3,(H2,20,22,25)/b7-3-. The van der Waals surface area contributed by atoms with E-state index in [0.717, 1.165) is 16.7 Å². The van der Waals surface area contributed by atoms with Crippen molar-refractivity contribution in [2.24, 2.45) is 5.84 Å². The average Bonchev–Trinajstić information content (AvgIpc) is 2.68. The van der Waals surface area contributed by atoms with Gasteiger partial charge >= 0.3 is 0 Å². The largest absolute Gasteiger partial charge is 0.494 e. The molecule has 0 bridgehead atoms. The average molecular weight is 348 g/mol. The van der Waals surface area contributed by atoms with Gasteiger partial charge in [0.25, 0.3) is 0 Å². The Labute approximate surface area is 151 Å². The minimum Gasteiger partial charge on any atom is -0.494 e. The molecule has 5 N–H and O–H groups in total. The van der Waals surface area contributed by atoms with Crippen molar-refractivity contribution in [3.8, 4) is 28.3 Å². The summed E-state index contributed by atoms with van der Waals surface area (Å²) in [5.74, 6) is 6.38. The van der Waals surface area contributed by atoms with Gasteiger partial charge in [-0.05, 0) is 19.1 Å². The van der Waals surface area contributed by atoms with Crippen LogP contribution in [0.25, 0.3) is 28.6 Å². The number of hydrazine groups is 1. The molecule has 1 heterocycles. The van der Waals surface area contributed by atoms with Crippen molar-refractivity contribution in [1.29, 1.82) is 0 Å². The molecule has 0 aliphatic heterocycles. The van der Waals surface area contributed by atoms with Crippen LogP contribution in [0.5, 0.6) is 5.75 Å². The highest BCUT2D eigenvalue weighted by molar-refractivity contribution is 5.84. The Kier molecular flexibility index (Phi) is 5.09. The highest BCUT2D eigenvalue weighted by Crippen LogP contribution is 2.37. The van der Waals surface area contributed by atoms with Crippen LogP contribution in [0, 0.1) is 0 Å². The van der Waals surface area contributed by atoms with Gasteiger partial charge in [-0.15, -0.1) is 10.2 Å². The fourth-order valence-corrected chi connectivity index (χ4v) is 2.73. The van der Waals surface area contributed by atoms with Crippen molar-refractivity contribution in [2.75, 3.05) is 18.3 Å². The number of nitrogen functional groups attached to an aromatic ring is 2. The molecule has 26 heavy (non-hydrogen) atoms. The van der Waals surface area contributed by atoms with E-state index in [4.69, 9.17) is 16.3 Å². The van der Waals surface area contributed by atoms with Gasteiger partial charge in [-0.2, -0.15) is 0 Å². The topological polar surface area (TPSA) is 112 Å². The maximum atomic E-state index is 5.78. The molecule has 0 radical (unpaired) electrons. The number of benzene rings is 2. The lowest BCUT2D eigenvalue weighted by Gasteiger charge is -2.15. The molecule has 0 atom stereocenters. The molecule has 1 aromatic heterocycles. The van der Waals surface area contributed by atoms with Gasteiger partial charge in [0.05, 0.1) is 12.8 Å². The number of nitrogens with one attached hydrogen (secondary N) is 1. The van der Waals surface area contributed by atoms with Gasteiger partial charge in [0, 0.05) is 16.7 Å². The first-order chi connectivity index (χ1) is 12.7. The quantitative estimate of drug-likeness (QED) is 0.480. The second-order valence-electron chi connectivity index (χ2n) is 5.52. The lowest BCUT2D eigenvalue weighted by atomic mass is 10.0. The van der Waals surface area contributed by atoms with Crippen LogP contribution in [-0.4, -0.2) is 22.3 Å². The molecule has 7 nitrogen and oxygen atoms in total. The number of methoxy groups -OCH3 is 1. The third-order valence-electron chi connectivity index (χ3n) is 3.87. The number of hydrogen-bond donors (Lipinski definition) is 3. The summed E-state index contributed by atoms with van der Waals surface area (Å²) < 4.78 is 5.49. The number of nitrogens with zero attached hydrogens (tertiary/aromatic N) is 3. The van der Waals surface area contributed by atoms with E-state index in [0.29, 0.717) is 22.8 Å². The van der Waals surface area contributed by atoms with Crippen LogP contribution in [0.2, 0.25) is 0 Å². The second kappa shape index (κ2) is 7.62. The first-order valence-corrected chi connectivity index (χ1v) is 8.05. The first kappa shape index (κ1) is 17.4. The van der Waals surface area contributed by atoms with Crippen molar-refractivity contribution in [1.82, 2.24) is 15.2 Å². The van der Waals surface area contributed by atoms with Crippen LogP contribution in [0.3, 0.4) is 0 Å². The first-order valence-electron chi connectivity index (χ1n) is 8.05. The maximum absolute atomic E-state index is 5.78. The zero-order chi connectivity index (χ0) is 18.5. The molecule has 0 saturated carbocycles. The third-order valence-corrected chi connectivity index (χ3v) is 3.87. The summed E-state index contributed by atoms with van der Waals surface area (Å²) in [7, 11) is 1.59. The van der Waals surface area contributed by atoms with Gasteiger partial charge in [-0.1, -0.05) is 42.5 Å². The van der Waals surface area contributed by atoms with Gasteiger partial charge in [-0.3, -0.25) is 5.84 Å². The molecule has 2 aromatic carbocycles. The fraction of sp³-hybridized carbons (Fsp3) is 0.105. The van der Waals surface area contributed by atoms with E-state index in [1.165, 1.54) is 0 Å². The zero-order valence-electron chi connectivity index (χ0n) is 14.6. The number of aromatic nitrogens is 3. The normalized spacial score (nSPS) is 10.9. The summed E-state index contributed by atoms with van der Waals surface area (Å²) in [6, 6.07) is 13.5. The molecule has 0 aliphatic carbocycles. The highest BCUT2D eigenvalue weighted by atomic mass is 16.5. The predicted molar refractivity (Wildman–Crippen MR) is 104 cm³/mol. The Hall–Kier alpha value is -3.45. The molecule has 3 aromatic rings. The molecule has 0 amide bonds. The van der Waals surface area contributed by atoms with Crippen LogP contribution in [-0.2, 0) is 0 Å². The SMILES string of the molecule is C/C=C\c1cc(-c2nnc(N)nc2-c2ccccc2)cc(OC)c1NN. The van der Waals surface area contributed by atoms with E-state index < -0.39 is 0 Å². The number of allylic oxidation sites excluding steroid dienone is 1. The molecule has 0 unspecified atom stereocenters. The van der Waals surface area contributed by atoms with Crippen LogP contribution >= 0.6 is 0 Å². The molecule has 132 valence electrons. The van der Waals surface area contributed by atoms with Crippen LogP contribution in [0.1, 0.15) is 12.5 Å². The van der Waals surface area contributed by atoms with E-state index in [1.807, 2.05) is 61.5 Å². The Morgan fingerprint density at radius 1 is 1.04 bits per heavy atom. The number of rotatable bonds is 5. The van der Waals surface area contributed by atoms with Crippen LogP contribution < -0.4 is 21.7 Å². The number of hydrogen-bond acceptors (Lipinski definition) is 7. The van der Waals surface area contributed by atoms with Gasteiger partial charge in [0.15, 0.2) is 0 Å². The molecule has 0 aliphatic rings. The zero-order valence-corrected chi connectivity index (χ0v) is 14.6. The fourth-order valence-electron chi connectivity index (χ4n) is 2.73. The molecule has 0 saturated heterocycles. The van der Waals surface area contributed by atoms with E-state index in [2.05, 4.69) is 20.6 Å². The predicted octanol–water partition coefficient (Wildman–Crippen LogP) is 3.12. The lowest BCUT2D eigenvalue weighted by Crippen LogP contribution is -2.10. The van der Waals surface area contributed by atoms with Crippen molar-refractivity contribution in [3.05, 3.63) is 54.1 Å². The van der Waals surface area contributed by atoms with Crippen molar-refractivity contribution < 1.29 is 4.74 Å². The number of ether oxygens (including phenoxy) is 1. The summed E-state index contributed by atoms with van der Waals surface area (Å²) in [6.07, 6.45) is 3.85. The van der Waals surface area contributed by atoms with E-state index in [1.54, 1.807) is 7.11 Å². The molecule has 0 fully saturated rings. The van der Waals surface area contributed by atoms with Crippen LogP contribution in [0.15, 0.2) is 48.5 Å².